The number of carbonyl (C=O) groups is 2. The third-order valence-electron chi connectivity index (χ3n) is 7.02. The number of aromatic carboxylic acids is 1. The first-order valence-corrected chi connectivity index (χ1v) is 14.8. The van der Waals surface area contributed by atoms with E-state index in [4.69, 9.17) is 26.4 Å². The fourth-order valence-electron chi connectivity index (χ4n) is 4.78. The van der Waals surface area contributed by atoms with E-state index in [1.807, 2.05) is 48.5 Å². The van der Waals surface area contributed by atoms with Gasteiger partial charge in [0.1, 0.15) is 17.5 Å². The van der Waals surface area contributed by atoms with Gasteiger partial charge in [0.15, 0.2) is 0 Å². The Hall–Kier alpha value is -3.72. The summed E-state index contributed by atoms with van der Waals surface area (Å²) in [4.78, 5) is 32.4. The number of nitrogens with zero attached hydrogens (tertiary/aromatic N) is 2. The standard InChI is InChI=1S/C32H32ClN3O4S/c1-20(2)31-35-28(29(41-31)21-6-4-3-5-7-21)30(37)34-24-10-13-27(33)23(18-24)19-36-16-14-26(15-17-36)40-25-11-8-22(9-12-25)32(38)39/h3-13,18,20,26H,14-17,19H2,1-2H3,(H,34,37)(H,38,39). The van der Waals surface area contributed by atoms with E-state index in [1.54, 1.807) is 35.6 Å². The molecule has 212 valence electrons. The molecule has 0 saturated carbocycles. The summed E-state index contributed by atoms with van der Waals surface area (Å²) in [6, 6.07) is 22.0. The van der Waals surface area contributed by atoms with E-state index < -0.39 is 5.97 Å². The van der Waals surface area contributed by atoms with Gasteiger partial charge >= 0.3 is 5.97 Å². The molecular weight excluding hydrogens is 558 g/mol. The van der Waals surface area contributed by atoms with Gasteiger partial charge in [0, 0.05) is 36.3 Å². The highest BCUT2D eigenvalue weighted by Crippen LogP contribution is 2.34. The molecule has 1 saturated heterocycles. The molecule has 41 heavy (non-hydrogen) atoms. The van der Waals surface area contributed by atoms with Crippen LogP contribution in [0.5, 0.6) is 5.75 Å². The summed E-state index contributed by atoms with van der Waals surface area (Å²) in [7, 11) is 0. The summed E-state index contributed by atoms with van der Waals surface area (Å²) in [6.07, 6.45) is 1.76. The zero-order valence-corrected chi connectivity index (χ0v) is 24.5. The molecule has 3 aromatic carbocycles. The predicted octanol–water partition coefficient (Wildman–Crippen LogP) is 7.58. The van der Waals surface area contributed by atoms with Gasteiger partial charge in [-0.15, -0.1) is 11.3 Å². The number of hydrogen-bond donors (Lipinski definition) is 2. The number of aromatic nitrogens is 1. The average molecular weight is 590 g/mol. The Kier molecular flexibility index (Phi) is 9.03. The van der Waals surface area contributed by atoms with Crippen molar-refractivity contribution in [2.75, 3.05) is 18.4 Å². The van der Waals surface area contributed by atoms with Gasteiger partial charge in [-0.05, 0) is 66.4 Å². The molecule has 1 aliphatic rings. The van der Waals surface area contributed by atoms with E-state index in [0.717, 1.165) is 46.9 Å². The second-order valence-corrected chi connectivity index (χ2v) is 11.9. The quantitative estimate of drug-likeness (QED) is 0.209. The predicted molar refractivity (Wildman–Crippen MR) is 163 cm³/mol. The number of amides is 1. The SMILES string of the molecule is CC(C)c1nc(C(=O)Nc2ccc(Cl)c(CN3CCC(Oc4ccc(C(=O)O)cc4)CC3)c2)c(-c2ccccc2)s1. The maximum absolute atomic E-state index is 13.4. The summed E-state index contributed by atoms with van der Waals surface area (Å²) in [6.45, 7) is 6.48. The average Bonchev–Trinajstić information content (AvgIpc) is 3.43. The molecule has 1 aliphatic heterocycles. The molecule has 5 rings (SSSR count). The summed E-state index contributed by atoms with van der Waals surface area (Å²) in [5, 5.41) is 13.7. The van der Waals surface area contributed by atoms with Gasteiger partial charge in [0.05, 0.1) is 15.4 Å². The van der Waals surface area contributed by atoms with Gasteiger partial charge < -0.3 is 15.2 Å². The van der Waals surface area contributed by atoms with Crippen LogP contribution in [0, 0.1) is 0 Å². The molecule has 7 nitrogen and oxygen atoms in total. The molecule has 0 bridgehead atoms. The van der Waals surface area contributed by atoms with Crippen molar-refractivity contribution in [2.45, 2.75) is 45.3 Å². The zero-order valence-electron chi connectivity index (χ0n) is 23.0. The molecule has 1 fully saturated rings. The first-order chi connectivity index (χ1) is 19.8. The maximum Gasteiger partial charge on any atom is 0.335 e. The number of anilines is 1. The largest absolute Gasteiger partial charge is 0.490 e. The number of likely N-dealkylation sites (tertiary alicyclic amines) is 1. The zero-order chi connectivity index (χ0) is 28.9. The van der Waals surface area contributed by atoms with Gasteiger partial charge in [0.25, 0.3) is 5.91 Å². The molecule has 4 aromatic rings. The first-order valence-electron chi connectivity index (χ1n) is 13.6. The molecule has 0 unspecified atom stereocenters. The number of halogens is 1. The van der Waals surface area contributed by atoms with E-state index >= 15 is 0 Å². The Balaban J connectivity index is 1.22. The highest BCUT2D eigenvalue weighted by Gasteiger charge is 2.23. The van der Waals surface area contributed by atoms with Crippen LogP contribution < -0.4 is 10.1 Å². The molecule has 9 heteroatoms. The molecular formula is C32H32ClN3O4S. The number of hydrogen-bond acceptors (Lipinski definition) is 6. The van der Waals surface area contributed by atoms with Gasteiger partial charge in [0.2, 0.25) is 0 Å². The summed E-state index contributed by atoms with van der Waals surface area (Å²) in [5.41, 5.74) is 3.27. The van der Waals surface area contributed by atoms with Crippen LogP contribution in [-0.4, -0.2) is 46.1 Å². The minimum atomic E-state index is -0.951. The second-order valence-electron chi connectivity index (χ2n) is 10.4. The van der Waals surface area contributed by atoms with E-state index in [-0.39, 0.29) is 23.5 Å². The Morgan fingerprint density at radius 3 is 2.44 bits per heavy atom. The number of rotatable bonds is 9. The molecule has 2 N–H and O–H groups in total. The van der Waals surface area contributed by atoms with Crippen LogP contribution >= 0.6 is 22.9 Å². The lowest BCUT2D eigenvalue weighted by Gasteiger charge is -2.32. The van der Waals surface area contributed by atoms with E-state index in [1.165, 1.54) is 0 Å². The normalized spacial score (nSPS) is 14.2. The Morgan fingerprint density at radius 1 is 1.07 bits per heavy atom. The van der Waals surface area contributed by atoms with Crippen molar-refractivity contribution in [2.24, 2.45) is 0 Å². The van der Waals surface area contributed by atoms with Crippen LogP contribution in [0.3, 0.4) is 0 Å². The third kappa shape index (κ3) is 7.14. The number of benzene rings is 3. The van der Waals surface area contributed by atoms with Crippen LogP contribution in [-0.2, 0) is 6.54 Å². The van der Waals surface area contributed by atoms with Crippen molar-refractivity contribution in [3.8, 4) is 16.2 Å². The van der Waals surface area contributed by atoms with Gasteiger partial charge in [-0.1, -0.05) is 55.8 Å². The molecule has 1 amide bonds. The minimum absolute atomic E-state index is 0.0654. The number of thiazole rings is 1. The van der Waals surface area contributed by atoms with Crippen molar-refractivity contribution in [3.05, 3.63) is 99.6 Å². The van der Waals surface area contributed by atoms with E-state index in [9.17, 15) is 9.59 Å². The molecule has 0 aliphatic carbocycles. The number of nitrogens with one attached hydrogen (secondary N) is 1. The van der Waals surface area contributed by atoms with Crippen molar-refractivity contribution in [1.29, 1.82) is 0 Å². The highest BCUT2D eigenvalue weighted by atomic mass is 35.5. The van der Waals surface area contributed by atoms with Crippen molar-refractivity contribution < 1.29 is 19.4 Å². The van der Waals surface area contributed by atoms with Crippen LogP contribution in [0.1, 0.15) is 64.0 Å². The fraction of sp³-hybridized carbons (Fsp3) is 0.281. The third-order valence-corrected chi connectivity index (χ3v) is 8.80. The van der Waals surface area contributed by atoms with Crippen LogP contribution in [0.15, 0.2) is 72.8 Å². The Bertz CT molecular complexity index is 1510. The van der Waals surface area contributed by atoms with Crippen molar-refractivity contribution >= 4 is 40.5 Å². The van der Waals surface area contributed by atoms with Crippen molar-refractivity contribution in [3.63, 3.8) is 0 Å². The summed E-state index contributed by atoms with van der Waals surface area (Å²) < 4.78 is 6.08. The van der Waals surface area contributed by atoms with Crippen molar-refractivity contribution in [1.82, 2.24) is 9.88 Å². The monoisotopic (exact) mass is 589 g/mol. The van der Waals surface area contributed by atoms with Gasteiger partial charge in [-0.3, -0.25) is 9.69 Å². The number of piperidine rings is 1. The Morgan fingerprint density at radius 2 is 1.78 bits per heavy atom. The topological polar surface area (TPSA) is 91.8 Å². The van der Waals surface area contributed by atoms with Crippen LogP contribution in [0.4, 0.5) is 5.69 Å². The first kappa shape index (κ1) is 28.8. The van der Waals surface area contributed by atoms with E-state index in [2.05, 4.69) is 24.1 Å². The number of ether oxygens (including phenoxy) is 1. The van der Waals surface area contributed by atoms with Gasteiger partial charge in [-0.2, -0.15) is 0 Å². The Labute approximate surface area is 248 Å². The van der Waals surface area contributed by atoms with Crippen LogP contribution in [0.2, 0.25) is 5.02 Å². The molecule has 0 spiro atoms. The van der Waals surface area contributed by atoms with Crippen LogP contribution in [0.25, 0.3) is 10.4 Å². The number of carboxylic acids is 1. The molecule has 0 radical (unpaired) electrons. The maximum atomic E-state index is 13.4. The number of carboxylic acid groups (broad SMARTS) is 1. The summed E-state index contributed by atoms with van der Waals surface area (Å²) >= 11 is 8.12. The van der Waals surface area contributed by atoms with Gasteiger partial charge in [-0.25, -0.2) is 9.78 Å². The highest BCUT2D eigenvalue weighted by molar-refractivity contribution is 7.15. The summed E-state index contributed by atoms with van der Waals surface area (Å²) in [5.74, 6) is -0.295. The smallest absolute Gasteiger partial charge is 0.335 e. The fourth-order valence-corrected chi connectivity index (χ4v) is 6.03. The lowest BCUT2D eigenvalue weighted by Crippen LogP contribution is -2.37. The lowest BCUT2D eigenvalue weighted by molar-refractivity contribution is 0.0696. The molecule has 1 aromatic heterocycles. The van der Waals surface area contributed by atoms with E-state index in [0.29, 0.717) is 28.7 Å². The molecule has 0 atom stereocenters. The lowest BCUT2D eigenvalue weighted by atomic mass is 10.1. The number of carbonyl (C=O) groups excluding carboxylic acids is 1. The minimum Gasteiger partial charge on any atom is -0.490 e. The molecule has 2 heterocycles. The second kappa shape index (κ2) is 12.9.